The first-order chi connectivity index (χ1) is 9.63. The van der Waals surface area contributed by atoms with Gasteiger partial charge in [0.2, 0.25) is 5.95 Å². The number of aryl methyl sites for hydroxylation is 2. The Hall–Kier alpha value is -2.27. The van der Waals surface area contributed by atoms with Crippen LogP contribution < -0.4 is 11.3 Å². The van der Waals surface area contributed by atoms with E-state index in [1.807, 2.05) is 30.5 Å². The number of hydrogen-bond donors (Lipinski definition) is 3. The maximum Gasteiger partial charge on any atom is 0.276 e. The van der Waals surface area contributed by atoms with Crippen LogP contribution in [0.3, 0.4) is 0 Å². The van der Waals surface area contributed by atoms with Crippen LogP contribution in [-0.2, 0) is 12.8 Å². The van der Waals surface area contributed by atoms with Gasteiger partial charge in [-0.1, -0.05) is 23.7 Å². The molecule has 2 aromatic heterocycles. The molecule has 0 fully saturated rings. The molecule has 0 aliphatic heterocycles. The summed E-state index contributed by atoms with van der Waals surface area (Å²) in [6.07, 6.45) is 3.43. The van der Waals surface area contributed by atoms with E-state index in [1.54, 1.807) is 0 Å². The highest BCUT2D eigenvalue weighted by Gasteiger charge is 2.09. The number of anilines is 1. The number of benzene rings is 1. The number of H-pyrrole nitrogens is 2. The third-order valence-corrected chi connectivity index (χ3v) is 3.48. The average Bonchev–Trinajstić information content (AvgIpc) is 2.81. The van der Waals surface area contributed by atoms with Gasteiger partial charge in [0.25, 0.3) is 5.56 Å². The monoisotopic (exact) mass is 288 g/mol. The first kappa shape index (κ1) is 12.7. The molecule has 0 atom stereocenters. The van der Waals surface area contributed by atoms with Crippen molar-refractivity contribution in [3.63, 3.8) is 0 Å². The van der Waals surface area contributed by atoms with Gasteiger partial charge in [-0.25, -0.2) is 4.98 Å². The first-order valence-corrected chi connectivity index (χ1v) is 6.61. The minimum Gasteiger partial charge on any atom is -0.369 e. The summed E-state index contributed by atoms with van der Waals surface area (Å²) in [5, 5.41) is 0.724. The number of nitrogens with one attached hydrogen (secondary N) is 2. The minimum absolute atomic E-state index is 0.134. The Labute approximate surface area is 119 Å². The quantitative estimate of drug-likeness (QED) is 0.691. The fraction of sp³-hybridized carbons (Fsp3) is 0.143. The Morgan fingerprint density at radius 3 is 2.70 bits per heavy atom. The number of aromatic amines is 2. The number of halogens is 1. The zero-order valence-electron chi connectivity index (χ0n) is 10.6. The molecule has 0 bridgehead atoms. The van der Waals surface area contributed by atoms with Crippen LogP contribution in [0.25, 0.3) is 11.0 Å². The van der Waals surface area contributed by atoms with E-state index in [2.05, 4.69) is 15.0 Å². The maximum atomic E-state index is 11.7. The van der Waals surface area contributed by atoms with Gasteiger partial charge in [-0.15, -0.1) is 0 Å². The zero-order chi connectivity index (χ0) is 14.1. The van der Waals surface area contributed by atoms with Crippen LogP contribution in [0.1, 0.15) is 11.1 Å². The van der Waals surface area contributed by atoms with Crippen LogP contribution in [0.2, 0.25) is 5.02 Å². The molecule has 2 heterocycles. The molecule has 20 heavy (non-hydrogen) atoms. The molecular weight excluding hydrogens is 276 g/mol. The molecule has 0 unspecified atom stereocenters. The lowest BCUT2D eigenvalue weighted by atomic mass is 10.1. The molecular formula is C14H13ClN4O. The van der Waals surface area contributed by atoms with E-state index in [4.69, 9.17) is 17.3 Å². The molecule has 0 radical (unpaired) electrons. The maximum absolute atomic E-state index is 11.7. The van der Waals surface area contributed by atoms with Gasteiger partial charge in [0.1, 0.15) is 11.0 Å². The molecule has 0 aliphatic carbocycles. The van der Waals surface area contributed by atoms with Gasteiger partial charge in [-0.05, 0) is 36.1 Å². The second-order valence-electron chi connectivity index (χ2n) is 4.62. The predicted octanol–water partition coefficient (Wildman–Crippen LogP) is 2.27. The van der Waals surface area contributed by atoms with Crippen molar-refractivity contribution < 1.29 is 0 Å². The van der Waals surface area contributed by atoms with Crippen molar-refractivity contribution in [2.45, 2.75) is 12.8 Å². The molecule has 6 heteroatoms. The first-order valence-electron chi connectivity index (χ1n) is 6.23. The largest absolute Gasteiger partial charge is 0.369 e. The predicted molar refractivity (Wildman–Crippen MR) is 80.0 cm³/mol. The van der Waals surface area contributed by atoms with Gasteiger partial charge >= 0.3 is 0 Å². The molecule has 5 nitrogen and oxygen atoms in total. The number of nitrogen functional groups attached to an aromatic ring is 1. The summed E-state index contributed by atoms with van der Waals surface area (Å²) in [6, 6.07) is 7.72. The van der Waals surface area contributed by atoms with Gasteiger partial charge in [-0.3, -0.25) is 9.78 Å². The number of aromatic nitrogens is 3. The van der Waals surface area contributed by atoms with E-state index in [-0.39, 0.29) is 11.5 Å². The van der Waals surface area contributed by atoms with Crippen molar-refractivity contribution in [1.29, 1.82) is 0 Å². The van der Waals surface area contributed by atoms with Crippen LogP contribution in [0.5, 0.6) is 0 Å². The van der Waals surface area contributed by atoms with E-state index in [0.717, 1.165) is 23.4 Å². The lowest BCUT2D eigenvalue weighted by Gasteiger charge is -2.01. The minimum atomic E-state index is -0.245. The Morgan fingerprint density at radius 2 is 1.95 bits per heavy atom. The van der Waals surface area contributed by atoms with Gasteiger partial charge in [0, 0.05) is 11.2 Å². The van der Waals surface area contributed by atoms with Crippen LogP contribution in [-0.4, -0.2) is 15.0 Å². The smallest absolute Gasteiger partial charge is 0.276 e. The highest BCUT2D eigenvalue weighted by molar-refractivity contribution is 6.30. The fourth-order valence-corrected chi connectivity index (χ4v) is 2.33. The normalized spacial score (nSPS) is 11.1. The third kappa shape index (κ3) is 2.40. The van der Waals surface area contributed by atoms with Crippen LogP contribution in [0.4, 0.5) is 5.95 Å². The Bertz CT molecular complexity index is 804. The standard InChI is InChI=1S/C14H13ClN4O/c15-10-5-2-8(3-6-10)1-4-9-7-17-12-11(9)18-14(16)19-13(12)20/h2-3,5-7,17H,1,4H2,(H3,16,18,19,20). The summed E-state index contributed by atoms with van der Waals surface area (Å²) >= 11 is 5.86. The van der Waals surface area contributed by atoms with Crippen molar-refractivity contribution in [3.8, 4) is 0 Å². The lowest BCUT2D eigenvalue weighted by Crippen LogP contribution is -2.11. The molecule has 0 spiro atoms. The van der Waals surface area contributed by atoms with Crippen molar-refractivity contribution in [2.75, 3.05) is 5.73 Å². The van der Waals surface area contributed by atoms with Crippen molar-refractivity contribution in [3.05, 3.63) is 57.0 Å². The Morgan fingerprint density at radius 1 is 1.20 bits per heavy atom. The topological polar surface area (TPSA) is 87.6 Å². The molecule has 4 N–H and O–H groups in total. The molecule has 0 saturated carbocycles. The molecule has 3 aromatic rings. The van der Waals surface area contributed by atoms with Gasteiger partial charge in [-0.2, -0.15) is 0 Å². The summed E-state index contributed by atoms with van der Waals surface area (Å²) in [6.45, 7) is 0. The van der Waals surface area contributed by atoms with E-state index < -0.39 is 0 Å². The van der Waals surface area contributed by atoms with Crippen LogP contribution >= 0.6 is 11.6 Å². The summed E-state index contributed by atoms with van der Waals surface area (Å²) in [7, 11) is 0. The van der Waals surface area contributed by atoms with E-state index in [9.17, 15) is 4.79 Å². The zero-order valence-corrected chi connectivity index (χ0v) is 11.4. The number of fused-ring (bicyclic) bond motifs is 1. The second-order valence-corrected chi connectivity index (χ2v) is 5.05. The number of nitrogens with two attached hydrogens (primary N) is 1. The van der Waals surface area contributed by atoms with E-state index in [0.29, 0.717) is 11.0 Å². The average molecular weight is 289 g/mol. The van der Waals surface area contributed by atoms with Crippen LogP contribution in [0, 0.1) is 0 Å². The van der Waals surface area contributed by atoms with Gasteiger partial charge in [0.15, 0.2) is 0 Å². The van der Waals surface area contributed by atoms with Crippen LogP contribution in [0.15, 0.2) is 35.3 Å². The fourth-order valence-electron chi connectivity index (χ4n) is 2.21. The number of rotatable bonds is 3. The van der Waals surface area contributed by atoms with Gasteiger partial charge < -0.3 is 10.7 Å². The Balaban J connectivity index is 1.88. The SMILES string of the molecule is Nc1nc2c(CCc3ccc(Cl)cc3)c[nH]c2c(=O)[nH]1. The van der Waals surface area contributed by atoms with E-state index >= 15 is 0 Å². The molecule has 1 aromatic carbocycles. The lowest BCUT2D eigenvalue weighted by molar-refractivity contribution is 0.964. The summed E-state index contributed by atoms with van der Waals surface area (Å²) in [4.78, 5) is 21.3. The summed E-state index contributed by atoms with van der Waals surface area (Å²) in [5.41, 5.74) is 8.60. The van der Waals surface area contributed by atoms with E-state index in [1.165, 1.54) is 5.56 Å². The highest BCUT2D eigenvalue weighted by atomic mass is 35.5. The second kappa shape index (κ2) is 5.02. The molecule has 0 saturated heterocycles. The van der Waals surface area contributed by atoms with Crippen molar-refractivity contribution in [1.82, 2.24) is 15.0 Å². The number of hydrogen-bond acceptors (Lipinski definition) is 3. The highest BCUT2D eigenvalue weighted by Crippen LogP contribution is 2.17. The van der Waals surface area contributed by atoms with Crippen molar-refractivity contribution >= 4 is 28.6 Å². The van der Waals surface area contributed by atoms with Gasteiger partial charge in [0.05, 0.1) is 0 Å². The Kier molecular flexibility index (Phi) is 3.20. The molecule has 0 amide bonds. The molecule has 102 valence electrons. The molecule has 3 rings (SSSR count). The third-order valence-electron chi connectivity index (χ3n) is 3.23. The number of nitrogens with zero attached hydrogens (tertiary/aromatic N) is 1. The summed E-state index contributed by atoms with van der Waals surface area (Å²) in [5.74, 6) is 0.134. The molecule has 0 aliphatic rings. The van der Waals surface area contributed by atoms with Crippen molar-refractivity contribution in [2.24, 2.45) is 0 Å². The summed E-state index contributed by atoms with van der Waals surface area (Å²) < 4.78 is 0.